The smallest absolute Gasteiger partial charge is 0.276 e. The van der Waals surface area contributed by atoms with E-state index in [9.17, 15) is 0 Å². The van der Waals surface area contributed by atoms with E-state index in [0.717, 1.165) is 11.3 Å². The molecule has 0 aliphatic heterocycles. The topological polar surface area (TPSA) is 38.9 Å². The molecule has 0 aliphatic rings. The predicted molar refractivity (Wildman–Crippen MR) is 70.3 cm³/mol. The molecule has 3 nitrogen and oxygen atoms in total. The number of benzene rings is 1. The summed E-state index contributed by atoms with van der Waals surface area (Å²) < 4.78 is 5.56. The molecule has 2 aromatic rings. The van der Waals surface area contributed by atoms with E-state index >= 15 is 0 Å². The molecule has 0 aliphatic carbocycles. The summed E-state index contributed by atoms with van der Waals surface area (Å²) in [5.41, 5.74) is 0.887. The van der Waals surface area contributed by atoms with E-state index in [4.69, 9.17) is 16.0 Å². The molecule has 0 N–H and O–H groups in total. The molecule has 5 heteroatoms. The number of hydrogen-bond donors (Lipinski definition) is 0. The lowest BCUT2D eigenvalue weighted by molar-refractivity contribution is 0.465. The Morgan fingerprint density at radius 1 is 1.24 bits per heavy atom. The summed E-state index contributed by atoms with van der Waals surface area (Å²) in [4.78, 5) is 0. The molecule has 90 valence electrons. The van der Waals surface area contributed by atoms with Gasteiger partial charge in [-0.15, -0.1) is 10.2 Å². The maximum absolute atomic E-state index is 5.82. The van der Waals surface area contributed by atoms with Gasteiger partial charge in [-0.2, -0.15) is 0 Å². The lowest BCUT2D eigenvalue weighted by Crippen LogP contribution is -1.89. The molecule has 0 bridgehead atoms. The van der Waals surface area contributed by atoms with Gasteiger partial charge in [-0.05, 0) is 30.2 Å². The highest BCUT2D eigenvalue weighted by atomic mass is 35.5. The molecule has 0 radical (unpaired) electrons. The van der Waals surface area contributed by atoms with Crippen LogP contribution in [0.5, 0.6) is 0 Å². The zero-order valence-corrected chi connectivity index (χ0v) is 11.3. The van der Waals surface area contributed by atoms with Gasteiger partial charge in [-0.25, -0.2) is 0 Å². The van der Waals surface area contributed by atoms with Crippen molar-refractivity contribution >= 4 is 23.4 Å². The SMILES string of the molecule is CC(C)CSc1nnc(-c2ccc(Cl)cc2)o1. The van der Waals surface area contributed by atoms with Crippen LogP contribution in [0.4, 0.5) is 0 Å². The van der Waals surface area contributed by atoms with Crippen molar-refractivity contribution in [2.45, 2.75) is 19.1 Å². The summed E-state index contributed by atoms with van der Waals surface area (Å²) in [6, 6.07) is 7.35. The van der Waals surface area contributed by atoms with Crippen LogP contribution in [0, 0.1) is 5.92 Å². The summed E-state index contributed by atoms with van der Waals surface area (Å²) >= 11 is 7.40. The molecule has 0 spiro atoms. The van der Waals surface area contributed by atoms with E-state index < -0.39 is 0 Å². The van der Waals surface area contributed by atoms with E-state index in [1.165, 1.54) is 0 Å². The molecular weight excluding hydrogens is 256 g/mol. The molecule has 17 heavy (non-hydrogen) atoms. The third-order valence-electron chi connectivity index (χ3n) is 2.04. The standard InChI is InChI=1S/C12H13ClN2OS/c1-8(2)7-17-12-15-14-11(16-12)9-3-5-10(13)6-4-9/h3-6,8H,7H2,1-2H3. The largest absolute Gasteiger partial charge is 0.411 e. The second-order valence-corrected chi connectivity index (χ2v) is 5.49. The quantitative estimate of drug-likeness (QED) is 0.782. The first-order chi connectivity index (χ1) is 8.15. The van der Waals surface area contributed by atoms with Crippen molar-refractivity contribution < 1.29 is 4.42 Å². The molecule has 1 aromatic carbocycles. The van der Waals surface area contributed by atoms with Gasteiger partial charge >= 0.3 is 0 Å². The maximum Gasteiger partial charge on any atom is 0.276 e. The number of halogens is 1. The molecule has 2 rings (SSSR count). The highest BCUT2D eigenvalue weighted by molar-refractivity contribution is 7.99. The van der Waals surface area contributed by atoms with E-state index in [1.807, 2.05) is 24.3 Å². The van der Waals surface area contributed by atoms with Crippen LogP contribution in [0.3, 0.4) is 0 Å². The first-order valence-electron chi connectivity index (χ1n) is 5.37. The fourth-order valence-corrected chi connectivity index (χ4v) is 2.05. The van der Waals surface area contributed by atoms with Gasteiger partial charge < -0.3 is 4.42 Å². The molecule has 1 aromatic heterocycles. The fraction of sp³-hybridized carbons (Fsp3) is 0.333. The predicted octanol–water partition coefficient (Wildman–Crippen LogP) is 4.14. The van der Waals surface area contributed by atoms with Crippen molar-refractivity contribution in [3.8, 4) is 11.5 Å². The Kier molecular flexibility index (Phi) is 4.07. The van der Waals surface area contributed by atoms with Crippen molar-refractivity contribution in [2.75, 3.05) is 5.75 Å². The first kappa shape index (κ1) is 12.5. The maximum atomic E-state index is 5.82. The minimum atomic E-state index is 0.535. The minimum absolute atomic E-state index is 0.535. The summed E-state index contributed by atoms with van der Waals surface area (Å²) in [5, 5.41) is 9.33. The van der Waals surface area contributed by atoms with Crippen molar-refractivity contribution in [3.63, 3.8) is 0 Å². The monoisotopic (exact) mass is 268 g/mol. The van der Waals surface area contributed by atoms with Crippen LogP contribution in [-0.4, -0.2) is 16.0 Å². The van der Waals surface area contributed by atoms with Crippen LogP contribution < -0.4 is 0 Å². The van der Waals surface area contributed by atoms with Crippen molar-refractivity contribution in [2.24, 2.45) is 5.92 Å². The van der Waals surface area contributed by atoms with Crippen LogP contribution in [0.25, 0.3) is 11.5 Å². The Morgan fingerprint density at radius 3 is 2.59 bits per heavy atom. The van der Waals surface area contributed by atoms with Gasteiger partial charge in [0.25, 0.3) is 5.22 Å². The van der Waals surface area contributed by atoms with Gasteiger partial charge in [0.15, 0.2) is 0 Å². The van der Waals surface area contributed by atoms with Crippen LogP contribution in [0.1, 0.15) is 13.8 Å². The van der Waals surface area contributed by atoms with Gasteiger partial charge in [-0.1, -0.05) is 37.2 Å². The molecule has 0 unspecified atom stereocenters. The molecular formula is C12H13ClN2OS. The summed E-state index contributed by atoms with van der Waals surface area (Å²) in [7, 11) is 0. The fourth-order valence-electron chi connectivity index (χ4n) is 1.22. The zero-order chi connectivity index (χ0) is 12.3. The summed E-state index contributed by atoms with van der Waals surface area (Å²) in [6.07, 6.45) is 0. The highest BCUT2D eigenvalue weighted by Gasteiger charge is 2.09. The number of hydrogen-bond acceptors (Lipinski definition) is 4. The average molecular weight is 269 g/mol. The molecule has 0 atom stereocenters. The molecule has 1 heterocycles. The number of nitrogens with zero attached hydrogens (tertiary/aromatic N) is 2. The van der Waals surface area contributed by atoms with Crippen molar-refractivity contribution in [1.82, 2.24) is 10.2 Å². The van der Waals surface area contributed by atoms with Crippen molar-refractivity contribution in [1.29, 1.82) is 0 Å². The van der Waals surface area contributed by atoms with E-state index in [1.54, 1.807) is 11.8 Å². The average Bonchev–Trinajstić information content (AvgIpc) is 2.76. The second kappa shape index (κ2) is 5.56. The van der Waals surface area contributed by atoms with Gasteiger partial charge in [0.2, 0.25) is 5.89 Å². The van der Waals surface area contributed by atoms with E-state index in [-0.39, 0.29) is 0 Å². The lowest BCUT2D eigenvalue weighted by atomic mass is 10.2. The zero-order valence-electron chi connectivity index (χ0n) is 9.68. The van der Waals surface area contributed by atoms with Gasteiger partial charge in [0, 0.05) is 16.3 Å². The van der Waals surface area contributed by atoms with Gasteiger partial charge in [-0.3, -0.25) is 0 Å². The van der Waals surface area contributed by atoms with Gasteiger partial charge in [0.1, 0.15) is 0 Å². The van der Waals surface area contributed by atoms with Crippen LogP contribution in [0.2, 0.25) is 5.02 Å². The number of aromatic nitrogens is 2. The van der Waals surface area contributed by atoms with E-state index in [0.29, 0.717) is 22.1 Å². The highest BCUT2D eigenvalue weighted by Crippen LogP contribution is 2.25. The Bertz CT molecular complexity index is 482. The summed E-state index contributed by atoms with van der Waals surface area (Å²) in [6.45, 7) is 4.31. The number of rotatable bonds is 4. The third kappa shape index (κ3) is 3.48. The lowest BCUT2D eigenvalue weighted by Gasteiger charge is -1.98. The van der Waals surface area contributed by atoms with E-state index in [2.05, 4.69) is 24.0 Å². The molecule has 0 amide bonds. The van der Waals surface area contributed by atoms with Crippen LogP contribution >= 0.6 is 23.4 Å². The van der Waals surface area contributed by atoms with Crippen LogP contribution in [0.15, 0.2) is 33.9 Å². The first-order valence-corrected chi connectivity index (χ1v) is 6.74. The Hall–Kier alpha value is -1.00. The molecule has 0 fully saturated rings. The van der Waals surface area contributed by atoms with Gasteiger partial charge in [0.05, 0.1) is 0 Å². The number of thioether (sulfide) groups is 1. The third-order valence-corrected chi connectivity index (χ3v) is 3.54. The Balaban J connectivity index is 2.10. The Labute approximate surface area is 110 Å². The normalized spacial score (nSPS) is 11.1. The molecule has 0 saturated carbocycles. The minimum Gasteiger partial charge on any atom is -0.411 e. The Morgan fingerprint density at radius 2 is 1.94 bits per heavy atom. The summed E-state index contributed by atoms with van der Waals surface area (Å²) in [5.74, 6) is 2.11. The second-order valence-electron chi connectivity index (χ2n) is 4.08. The van der Waals surface area contributed by atoms with Crippen molar-refractivity contribution in [3.05, 3.63) is 29.3 Å². The van der Waals surface area contributed by atoms with Crippen LogP contribution in [-0.2, 0) is 0 Å². The molecule has 0 saturated heterocycles.